The molecule has 3 aromatic rings. The number of alkyl halides is 3. The molecule has 1 N–H and O–H groups in total. The van der Waals surface area contributed by atoms with Gasteiger partial charge in [0.25, 0.3) is 5.91 Å². The second-order valence-corrected chi connectivity index (χ2v) is 9.14. The van der Waals surface area contributed by atoms with E-state index in [2.05, 4.69) is 15.3 Å². The normalized spacial score (nSPS) is 12.3. The Balaban J connectivity index is 1.91. The van der Waals surface area contributed by atoms with Crippen LogP contribution in [-0.4, -0.2) is 47.8 Å². The van der Waals surface area contributed by atoms with Crippen molar-refractivity contribution in [3.63, 3.8) is 0 Å². The number of hydrogen-bond acceptors (Lipinski definition) is 6. The second-order valence-electron chi connectivity index (χ2n) is 6.88. The summed E-state index contributed by atoms with van der Waals surface area (Å²) in [5.74, 6) is -0.882. The topological polar surface area (TPSA) is 103 Å². The number of amides is 1. The minimum absolute atomic E-state index is 0.0629. The van der Waals surface area contributed by atoms with Gasteiger partial charge in [0.2, 0.25) is 0 Å². The van der Waals surface area contributed by atoms with E-state index in [9.17, 15) is 26.4 Å². The molecule has 0 saturated carbocycles. The van der Waals surface area contributed by atoms with Crippen molar-refractivity contribution < 1.29 is 31.1 Å². The SMILES string of the molecule is COCc1cc2nc(CCS(C)(=O)=O)cn2cc1NC(=O)c1cccc(C(F)(F)F)n1. The molecule has 1 amide bonds. The number of hydrogen-bond donors (Lipinski definition) is 1. The number of halogens is 3. The molecule has 0 unspecified atom stereocenters. The zero-order chi connectivity index (χ0) is 22.8. The summed E-state index contributed by atoms with van der Waals surface area (Å²) in [6.45, 7) is 0.105. The van der Waals surface area contributed by atoms with E-state index in [1.807, 2.05) is 0 Å². The summed E-state index contributed by atoms with van der Waals surface area (Å²) in [6, 6.07) is 4.71. The highest BCUT2D eigenvalue weighted by molar-refractivity contribution is 7.90. The third kappa shape index (κ3) is 5.79. The van der Waals surface area contributed by atoms with E-state index in [4.69, 9.17) is 4.74 Å². The molecule has 0 saturated heterocycles. The molecule has 0 atom stereocenters. The highest BCUT2D eigenvalue weighted by Gasteiger charge is 2.33. The molecule has 31 heavy (non-hydrogen) atoms. The summed E-state index contributed by atoms with van der Waals surface area (Å²) in [5.41, 5.74) is 0.319. The zero-order valence-electron chi connectivity index (χ0n) is 16.6. The molecule has 166 valence electrons. The van der Waals surface area contributed by atoms with Crippen LogP contribution in [-0.2, 0) is 33.8 Å². The lowest BCUT2D eigenvalue weighted by Gasteiger charge is -2.12. The van der Waals surface area contributed by atoms with Crippen LogP contribution in [0.3, 0.4) is 0 Å². The number of carbonyl (C=O) groups is 1. The molecular formula is C19H19F3N4O4S. The minimum atomic E-state index is -4.67. The van der Waals surface area contributed by atoms with Crippen molar-refractivity contribution in [1.82, 2.24) is 14.4 Å². The summed E-state index contributed by atoms with van der Waals surface area (Å²) < 4.78 is 68.1. The standard InChI is InChI=1S/C19H19F3N4O4S/c1-30-11-12-8-17-23-13(6-7-31(2,28)29)9-26(17)10-15(12)25-18(27)14-4-3-5-16(24-14)19(20,21)22/h3-5,8-10H,6-7,11H2,1-2H3,(H,25,27). The first-order valence-corrected chi connectivity index (χ1v) is 11.0. The van der Waals surface area contributed by atoms with E-state index in [-0.39, 0.29) is 18.8 Å². The molecular weight excluding hydrogens is 437 g/mol. The first-order chi connectivity index (χ1) is 14.5. The molecule has 0 aliphatic rings. The maximum atomic E-state index is 12.9. The van der Waals surface area contributed by atoms with E-state index in [0.717, 1.165) is 18.4 Å². The lowest BCUT2D eigenvalue weighted by molar-refractivity contribution is -0.141. The Morgan fingerprint density at radius 3 is 2.61 bits per heavy atom. The van der Waals surface area contributed by atoms with Gasteiger partial charge in [-0.3, -0.25) is 4.79 Å². The van der Waals surface area contributed by atoms with E-state index in [1.54, 1.807) is 16.7 Å². The van der Waals surface area contributed by atoms with Gasteiger partial charge in [0.05, 0.1) is 23.7 Å². The quantitative estimate of drug-likeness (QED) is 0.587. The van der Waals surface area contributed by atoms with Crippen LogP contribution in [0.1, 0.15) is 27.4 Å². The lowest BCUT2D eigenvalue weighted by atomic mass is 10.2. The number of pyridine rings is 2. The van der Waals surface area contributed by atoms with Gasteiger partial charge in [0.1, 0.15) is 26.9 Å². The number of sulfone groups is 1. The largest absolute Gasteiger partial charge is 0.433 e. The Bertz CT molecular complexity index is 1220. The van der Waals surface area contributed by atoms with E-state index in [0.29, 0.717) is 22.6 Å². The molecule has 0 aliphatic carbocycles. The highest BCUT2D eigenvalue weighted by Crippen LogP contribution is 2.27. The predicted molar refractivity (Wildman–Crippen MR) is 107 cm³/mol. The van der Waals surface area contributed by atoms with Crippen molar-refractivity contribution in [3.05, 3.63) is 59.3 Å². The first kappa shape index (κ1) is 22.7. The van der Waals surface area contributed by atoms with Crippen LogP contribution in [0, 0.1) is 0 Å². The Hall–Kier alpha value is -2.99. The molecule has 0 radical (unpaired) electrons. The number of methoxy groups -OCH3 is 1. The molecule has 8 nitrogen and oxygen atoms in total. The minimum Gasteiger partial charge on any atom is -0.380 e. The molecule has 0 aliphatic heterocycles. The Kier molecular flexibility index (Phi) is 6.32. The van der Waals surface area contributed by atoms with Crippen LogP contribution >= 0.6 is 0 Å². The molecule has 12 heteroatoms. The molecule has 3 heterocycles. The van der Waals surface area contributed by atoms with Gasteiger partial charge in [-0.15, -0.1) is 0 Å². The summed E-state index contributed by atoms with van der Waals surface area (Å²) in [7, 11) is -1.71. The summed E-state index contributed by atoms with van der Waals surface area (Å²) in [6.07, 6.45) is -0.165. The Labute approximate surface area is 176 Å². The van der Waals surface area contributed by atoms with Crippen molar-refractivity contribution in [1.29, 1.82) is 0 Å². The fourth-order valence-corrected chi connectivity index (χ4v) is 3.41. The maximum Gasteiger partial charge on any atom is 0.433 e. The van der Waals surface area contributed by atoms with Gasteiger partial charge < -0.3 is 14.5 Å². The average Bonchev–Trinajstić information content (AvgIpc) is 3.07. The summed E-state index contributed by atoms with van der Waals surface area (Å²) in [5, 5.41) is 2.55. The van der Waals surface area contributed by atoms with Crippen molar-refractivity contribution in [3.8, 4) is 0 Å². The number of carbonyl (C=O) groups excluding carboxylic acids is 1. The average molecular weight is 456 g/mol. The third-order valence-electron chi connectivity index (χ3n) is 4.28. The van der Waals surface area contributed by atoms with Crippen LogP contribution in [0.4, 0.5) is 18.9 Å². The van der Waals surface area contributed by atoms with Gasteiger partial charge in [0, 0.05) is 37.7 Å². The highest BCUT2D eigenvalue weighted by atomic mass is 32.2. The molecule has 3 aromatic heterocycles. The zero-order valence-corrected chi connectivity index (χ0v) is 17.4. The number of ether oxygens (including phenoxy) is 1. The number of aryl methyl sites for hydroxylation is 1. The van der Waals surface area contributed by atoms with Crippen molar-refractivity contribution in [2.45, 2.75) is 19.2 Å². The number of rotatable bonds is 7. The first-order valence-electron chi connectivity index (χ1n) is 8.99. The van der Waals surface area contributed by atoms with Crippen LogP contribution in [0.5, 0.6) is 0 Å². The molecule has 0 fully saturated rings. The van der Waals surface area contributed by atoms with Crippen molar-refractivity contribution >= 4 is 27.1 Å². The maximum absolute atomic E-state index is 12.9. The molecule has 3 rings (SSSR count). The molecule has 0 spiro atoms. The number of imidazole rings is 1. The number of aromatic nitrogens is 3. The Morgan fingerprint density at radius 1 is 1.23 bits per heavy atom. The van der Waals surface area contributed by atoms with Gasteiger partial charge in [-0.25, -0.2) is 18.4 Å². The predicted octanol–water partition coefficient (Wildman–Crippen LogP) is 2.73. The van der Waals surface area contributed by atoms with Gasteiger partial charge in [-0.05, 0) is 18.2 Å². The number of nitrogens with zero attached hydrogens (tertiary/aromatic N) is 3. The Morgan fingerprint density at radius 2 is 1.97 bits per heavy atom. The molecule has 0 bridgehead atoms. The van der Waals surface area contributed by atoms with Crippen LogP contribution in [0.15, 0.2) is 36.7 Å². The fourth-order valence-electron chi connectivity index (χ4n) is 2.83. The lowest BCUT2D eigenvalue weighted by Crippen LogP contribution is -2.18. The van der Waals surface area contributed by atoms with Crippen LogP contribution in [0.25, 0.3) is 5.65 Å². The summed E-state index contributed by atoms with van der Waals surface area (Å²) in [4.78, 5) is 20.3. The number of nitrogens with one attached hydrogen (secondary N) is 1. The van der Waals surface area contributed by atoms with E-state index in [1.165, 1.54) is 19.4 Å². The number of anilines is 1. The molecule has 0 aromatic carbocycles. The van der Waals surface area contributed by atoms with Crippen LogP contribution in [0.2, 0.25) is 0 Å². The van der Waals surface area contributed by atoms with E-state index >= 15 is 0 Å². The monoisotopic (exact) mass is 456 g/mol. The van der Waals surface area contributed by atoms with Crippen molar-refractivity contribution in [2.75, 3.05) is 24.4 Å². The summed E-state index contributed by atoms with van der Waals surface area (Å²) >= 11 is 0. The smallest absolute Gasteiger partial charge is 0.380 e. The van der Waals surface area contributed by atoms with Gasteiger partial charge >= 0.3 is 6.18 Å². The third-order valence-corrected chi connectivity index (χ3v) is 5.22. The fraction of sp³-hybridized carbons (Fsp3) is 0.316. The van der Waals surface area contributed by atoms with E-state index < -0.39 is 33.3 Å². The second kappa shape index (κ2) is 8.63. The van der Waals surface area contributed by atoms with Gasteiger partial charge in [0.15, 0.2) is 0 Å². The van der Waals surface area contributed by atoms with Gasteiger partial charge in [-0.2, -0.15) is 13.2 Å². The van der Waals surface area contributed by atoms with Crippen LogP contribution < -0.4 is 5.32 Å². The van der Waals surface area contributed by atoms with Gasteiger partial charge in [-0.1, -0.05) is 6.07 Å². The number of fused-ring (bicyclic) bond motifs is 1. The van der Waals surface area contributed by atoms with Crippen molar-refractivity contribution in [2.24, 2.45) is 0 Å².